The Morgan fingerprint density at radius 3 is 2.06 bits per heavy atom. The number of nitrogens with zero attached hydrogens (tertiary/aromatic N) is 1. The second kappa shape index (κ2) is 15.1. The highest BCUT2D eigenvalue weighted by Crippen LogP contribution is 2.26. The predicted molar refractivity (Wildman–Crippen MR) is 129 cm³/mol. The molecule has 0 aromatic heterocycles. The number of hydrogen-bond donors (Lipinski definition) is 1. The molecule has 7 heteroatoms. The van der Waals surface area contributed by atoms with Crippen LogP contribution in [0.15, 0.2) is 0 Å². The van der Waals surface area contributed by atoms with Crippen molar-refractivity contribution >= 4 is 23.5 Å². The molecule has 1 N–H and O–H groups in total. The largest absolute Gasteiger partial charge is 0.375 e. The minimum atomic E-state index is -0.532. The van der Waals surface area contributed by atoms with Crippen molar-refractivity contribution in [1.82, 2.24) is 10.2 Å². The van der Waals surface area contributed by atoms with Crippen LogP contribution >= 0.6 is 0 Å². The number of hydrogen-bond acceptors (Lipinski definition) is 5. The summed E-state index contributed by atoms with van der Waals surface area (Å²) in [5, 5.41) is 2.94. The lowest BCUT2D eigenvalue weighted by Crippen LogP contribution is -2.46. The van der Waals surface area contributed by atoms with Gasteiger partial charge in [0.1, 0.15) is 5.78 Å². The molecule has 1 aliphatic rings. The maximum atomic E-state index is 12.3. The zero-order chi connectivity index (χ0) is 25.7. The molecule has 1 aliphatic heterocycles. The number of ether oxygens (including phenoxy) is 1. The zero-order valence-corrected chi connectivity index (χ0v) is 22.4. The molecule has 1 unspecified atom stereocenters. The van der Waals surface area contributed by atoms with Gasteiger partial charge in [0.15, 0.2) is 0 Å². The Kier molecular flexibility index (Phi) is 15.3. The monoisotopic (exact) mass is 456 g/mol. The minimum Gasteiger partial charge on any atom is -0.375 e. The first-order valence-electron chi connectivity index (χ1n) is 12.0. The number of imide groups is 1. The molecule has 32 heavy (non-hydrogen) atoms. The van der Waals surface area contributed by atoms with E-state index in [0.29, 0.717) is 19.4 Å². The lowest BCUT2D eigenvalue weighted by atomic mass is 9.94. The molecule has 188 valence electrons. The van der Waals surface area contributed by atoms with Crippen molar-refractivity contribution in [2.24, 2.45) is 11.8 Å². The van der Waals surface area contributed by atoms with Gasteiger partial charge in [-0.15, -0.1) is 0 Å². The third-order valence-electron chi connectivity index (χ3n) is 5.02. The molecule has 0 aromatic carbocycles. The fourth-order valence-electron chi connectivity index (χ4n) is 3.41. The number of Topliss-reactive ketones (excluding diaryl/α,β-unsaturated/α-hetero) is 1. The number of carbonyl (C=O) groups excluding carboxylic acids is 4. The Morgan fingerprint density at radius 2 is 1.62 bits per heavy atom. The molecule has 1 saturated heterocycles. The van der Waals surface area contributed by atoms with Crippen molar-refractivity contribution in [3.8, 4) is 0 Å². The first kappa shape index (κ1) is 32.4. The van der Waals surface area contributed by atoms with Gasteiger partial charge in [-0.05, 0) is 47.0 Å². The van der Waals surface area contributed by atoms with E-state index in [1.54, 1.807) is 0 Å². The van der Waals surface area contributed by atoms with Gasteiger partial charge in [-0.1, -0.05) is 41.5 Å². The van der Waals surface area contributed by atoms with Gasteiger partial charge in [-0.25, -0.2) is 0 Å². The first-order valence-corrected chi connectivity index (χ1v) is 12.0. The smallest absolute Gasteiger partial charge is 0.233 e. The first-order chi connectivity index (χ1) is 14.7. The Hall–Kier alpha value is -1.76. The summed E-state index contributed by atoms with van der Waals surface area (Å²) >= 11 is 0. The van der Waals surface area contributed by atoms with Crippen molar-refractivity contribution in [2.45, 2.75) is 113 Å². The average Bonchev–Trinajstić information content (AvgIpc) is 2.95. The highest BCUT2D eigenvalue weighted by atomic mass is 16.5. The number of carbonyl (C=O) groups is 4. The highest BCUT2D eigenvalue weighted by Gasteiger charge is 2.40. The molecule has 0 saturated carbocycles. The number of nitrogens with one attached hydrogen (secondary N) is 1. The fraction of sp³-hybridized carbons (Fsp3) is 0.840. The Balaban J connectivity index is 0. The summed E-state index contributed by atoms with van der Waals surface area (Å²) < 4.78 is 5.79. The molecular formula is C25H48N2O5. The molecule has 0 bridgehead atoms. The van der Waals surface area contributed by atoms with E-state index in [2.05, 4.69) is 5.32 Å². The maximum absolute atomic E-state index is 12.3. The van der Waals surface area contributed by atoms with E-state index in [0.717, 1.165) is 0 Å². The van der Waals surface area contributed by atoms with Crippen LogP contribution in [0.25, 0.3) is 0 Å². The molecule has 0 radical (unpaired) electrons. The summed E-state index contributed by atoms with van der Waals surface area (Å²) in [6, 6.07) is 0. The van der Waals surface area contributed by atoms with Crippen LogP contribution in [0.3, 0.4) is 0 Å². The molecular weight excluding hydrogens is 408 g/mol. The van der Waals surface area contributed by atoms with E-state index >= 15 is 0 Å². The van der Waals surface area contributed by atoms with Crippen LogP contribution in [0.1, 0.15) is 102 Å². The Labute approximate surface area is 196 Å². The lowest BCUT2D eigenvalue weighted by molar-refractivity contribution is -0.140. The van der Waals surface area contributed by atoms with Crippen LogP contribution in [0, 0.1) is 11.8 Å². The molecule has 3 amide bonds. The fourth-order valence-corrected chi connectivity index (χ4v) is 3.41. The van der Waals surface area contributed by atoms with Crippen LogP contribution in [-0.2, 0) is 23.9 Å². The third-order valence-corrected chi connectivity index (χ3v) is 5.02. The van der Waals surface area contributed by atoms with E-state index < -0.39 is 11.1 Å². The number of ketones is 1. The van der Waals surface area contributed by atoms with Crippen molar-refractivity contribution in [1.29, 1.82) is 0 Å². The normalized spacial score (nSPS) is 16.2. The van der Waals surface area contributed by atoms with Gasteiger partial charge in [-0.3, -0.25) is 24.1 Å². The van der Waals surface area contributed by atoms with Gasteiger partial charge in [0, 0.05) is 43.9 Å². The van der Waals surface area contributed by atoms with Crippen molar-refractivity contribution in [3.05, 3.63) is 0 Å². The second-order valence-electron chi connectivity index (χ2n) is 9.36. The second-order valence-corrected chi connectivity index (χ2v) is 9.36. The molecule has 1 rings (SSSR count). The van der Waals surface area contributed by atoms with Crippen LogP contribution in [0.4, 0.5) is 0 Å². The molecule has 1 heterocycles. The molecule has 0 aliphatic carbocycles. The van der Waals surface area contributed by atoms with E-state index in [-0.39, 0.29) is 54.7 Å². The number of rotatable bonds is 11. The standard InChI is InChI=1S/C21H36N2O5.2C2H6/c1-14(2)16-12-18(26)23(19(16)27)10-8-17(25)22-20(4,5)9-11-28-21(6,7)13-15(3)24;2*1-2/h14,16H,8-13H2,1-7H3,(H,22,25);2*1-2H3. The lowest BCUT2D eigenvalue weighted by Gasteiger charge is -2.30. The summed E-state index contributed by atoms with van der Waals surface area (Å²) in [6.45, 7) is 21.4. The van der Waals surface area contributed by atoms with Crippen LogP contribution in [0.2, 0.25) is 0 Å². The van der Waals surface area contributed by atoms with Crippen molar-refractivity contribution in [3.63, 3.8) is 0 Å². The summed E-state index contributed by atoms with van der Waals surface area (Å²) in [5.41, 5.74) is -1.03. The quantitative estimate of drug-likeness (QED) is 0.462. The van der Waals surface area contributed by atoms with E-state index in [1.165, 1.54) is 11.8 Å². The molecule has 1 atom stereocenters. The number of likely N-dealkylation sites (tertiary alicyclic amines) is 1. The van der Waals surface area contributed by atoms with Gasteiger partial charge in [0.05, 0.1) is 5.60 Å². The van der Waals surface area contributed by atoms with E-state index in [9.17, 15) is 19.2 Å². The van der Waals surface area contributed by atoms with Gasteiger partial charge in [0.2, 0.25) is 17.7 Å². The summed E-state index contributed by atoms with van der Waals surface area (Å²) in [5.74, 6) is -0.668. The minimum absolute atomic E-state index is 0.0725. The molecule has 1 fully saturated rings. The van der Waals surface area contributed by atoms with Gasteiger partial charge in [-0.2, -0.15) is 0 Å². The Bertz CT molecular complexity index is 611. The molecule has 0 spiro atoms. The molecule has 0 aromatic rings. The van der Waals surface area contributed by atoms with Crippen LogP contribution in [0.5, 0.6) is 0 Å². The van der Waals surface area contributed by atoms with E-state index in [4.69, 9.17) is 4.74 Å². The van der Waals surface area contributed by atoms with Gasteiger partial charge < -0.3 is 10.1 Å². The summed E-state index contributed by atoms with van der Waals surface area (Å²) in [7, 11) is 0. The zero-order valence-electron chi connectivity index (χ0n) is 22.4. The SMILES string of the molecule is CC.CC.CC(=O)CC(C)(C)OCCC(C)(C)NC(=O)CCN1C(=O)CC(C(C)C)C1=O. The maximum Gasteiger partial charge on any atom is 0.233 e. The van der Waals surface area contributed by atoms with Crippen LogP contribution < -0.4 is 5.32 Å². The summed E-state index contributed by atoms with van der Waals surface area (Å²) in [6.07, 6.45) is 1.24. The third kappa shape index (κ3) is 12.3. The Morgan fingerprint density at radius 1 is 1.09 bits per heavy atom. The van der Waals surface area contributed by atoms with Crippen molar-refractivity contribution < 1.29 is 23.9 Å². The van der Waals surface area contributed by atoms with Crippen molar-refractivity contribution in [2.75, 3.05) is 13.2 Å². The van der Waals surface area contributed by atoms with Gasteiger partial charge >= 0.3 is 0 Å². The van der Waals surface area contributed by atoms with E-state index in [1.807, 2.05) is 69.2 Å². The van der Waals surface area contributed by atoms with Gasteiger partial charge in [0.25, 0.3) is 0 Å². The summed E-state index contributed by atoms with van der Waals surface area (Å²) in [4.78, 5) is 49.1. The van der Waals surface area contributed by atoms with Crippen LogP contribution in [-0.4, -0.2) is 52.7 Å². The highest BCUT2D eigenvalue weighted by molar-refractivity contribution is 6.03. The predicted octanol–water partition coefficient (Wildman–Crippen LogP) is 4.52. The number of amides is 3. The molecule has 7 nitrogen and oxygen atoms in total. The average molecular weight is 457 g/mol. The topological polar surface area (TPSA) is 92.8 Å².